The zero-order valence-electron chi connectivity index (χ0n) is 16.4. The molecule has 0 bridgehead atoms. The van der Waals surface area contributed by atoms with E-state index < -0.39 is 0 Å². The molecule has 0 heterocycles. The van der Waals surface area contributed by atoms with Crippen LogP contribution < -0.4 is 5.32 Å². The van der Waals surface area contributed by atoms with Gasteiger partial charge in [0.15, 0.2) is 0 Å². The third-order valence-corrected chi connectivity index (χ3v) is 3.88. The number of rotatable bonds is 21. The summed E-state index contributed by atoms with van der Waals surface area (Å²) >= 11 is 5.62. The van der Waals surface area contributed by atoms with Crippen molar-refractivity contribution in [2.45, 2.75) is 51.9 Å². The van der Waals surface area contributed by atoms with Gasteiger partial charge >= 0.3 is 0 Å². The maximum absolute atomic E-state index is 11.4. The first kappa shape index (κ1) is 25.6. The highest BCUT2D eigenvalue weighted by Crippen LogP contribution is 2.01. The maximum atomic E-state index is 11.4. The number of carbonyl (C=O) groups excluding carboxylic acids is 1. The summed E-state index contributed by atoms with van der Waals surface area (Å²) in [5, 5.41) is 2.83. The molecule has 0 aliphatic rings. The zero-order valence-corrected chi connectivity index (χ0v) is 17.2. The lowest BCUT2D eigenvalue weighted by Gasteiger charge is -2.08. The zero-order chi connectivity index (χ0) is 19.1. The lowest BCUT2D eigenvalue weighted by Crippen LogP contribution is -2.27. The number of alkyl halides is 1. The van der Waals surface area contributed by atoms with Crippen LogP contribution in [0, 0.1) is 0 Å². The predicted molar refractivity (Wildman–Crippen MR) is 105 cm³/mol. The Kier molecular flexibility index (Phi) is 22.3. The van der Waals surface area contributed by atoms with Gasteiger partial charge in [-0.25, -0.2) is 0 Å². The molecule has 0 radical (unpaired) electrons. The molecule has 0 aliphatic carbocycles. The lowest BCUT2D eigenvalue weighted by molar-refractivity contribution is -0.121. The van der Waals surface area contributed by atoms with E-state index in [1.165, 1.54) is 12.8 Å². The summed E-state index contributed by atoms with van der Waals surface area (Å²) in [6.45, 7) is 7.33. The molecule has 0 aromatic heterocycles. The van der Waals surface area contributed by atoms with E-state index in [2.05, 4.69) is 12.2 Å². The molecular weight excluding hydrogens is 358 g/mol. The molecule has 156 valence electrons. The van der Waals surface area contributed by atoms with Gasteiger partial charge in [0.2, 0.25) is 5.91 Å². The standard InChI is InChI=1S/C19H38ClNO5/c1-2-3-8-19(22)21-10-12-24-14-16-26-18-17-25-15-13-23-11-7-5-4-6-9-20/h2-18H2,1H3,(H,21,22). The van der Waals surface area contributed by atoms with Crippen LogP contribution in [-0.4, -0.2) is 71.2 Å². The first-order valence-corrected chi connectivity index (χ1v) is 10.5. The average Bonchev–Trinajstić information content (AvgIpc) is 2.65. The van der Waals surface area contributed by atoms with Crippen molar-refractivity contribution in [3.05, 3.63) is 0 Å². The van der Waals surface area contributed by atoms with Gasteiger partial charge in [-0.05, 0) is 19.3 Å². The van der Waals surface area contributed by atoms with Gasteiger partial charge in [-0.3, -0.25) is 4.79 Å². The minimum Gasteiger partial charge on any atom is -0.379 e. The van der Waals surface area contributed by atoms with Gasteiger partial charge in [0.25, 0.3) is 0 Å². The highest BCUT2D eigenvalue weighted by Gasteiger charge is 1.99. The van der Waals surface area contributed by atoms with E-state index in [4.69, 9.17) is 30.5 Å². The monoisotopic (exact) mass is 395 g/mol. The second-order valence-electron chi connectivity index (χ2n) is 6.01. The third-order valence-electron chi connectivity index (χ3n) is 3.61. The molecule has 1 N–H and O–H groups in total. The van der Waals surface area contributed by atoms with Gasteiger partial charge in [-0.1, -0.05) is 26.2 Å². The van der Waals surface area contributed by atoms with Crippen molar-refractivity contribution in [3.63, 3.8) is 0 Å². The Morgan fingerprint density at radius 1 is 0.731 bits per heavy atom. The summed E-state index contributed by atoms with van der Waals surface area (Å²) in [5.41, 5.74) is 0. The topological polar surface area (TPSA) is 66.0 Å². The molecule has 0 atom stereocenters. The van der Waals surface area contributed by atoms with E-state index in [1.54, 1.807) is 0 Å². The number of halogens is 1. The smallest absolute Gasteiger partial charge is 0.220 e. The van der Waals surface area contributed by atoms with E-state index in [1.807, 2.05) is 0 Å². The Morgan fingerprint density at radius 3 is 1.85 bits per heavy atom. The van der Waals surface area contributed by atoms with Gasteiger partial charge in [0.05, 0.1) is 46.2 Å². The third kappa shape index (κ3) is 21.6. The fraction of sp³-hybridized carbons (Fsp3) is 0.947. The van der Waals surface area contributed by atoms with Gasteiger partial charge in [0, 0.05) is 25.5 Å². The Balaban J connectivity index is 3.04. The first-order valence-electron chi connectivity index (χ1n) is 9.95. The quantitative estimate of drug-likeness (QED) is 0.239. The number of amides is 1. The molecule has 0 spiro atoms. The van der Waals surface area contributed by atoms with Crippen LogP contribution in [0.15, 0.2) is 0 Å². The van der Waals surface area contributed by atoms with Crippen molar-refractivity contribution in [2.24, 2.45) is 0 Å². The number of nitrogens with one attached hydrogen (secondary N) is 1. The van der Waals surface area contributed by atoms with Crippen molar-refractivity contribution in [2.75, 3.05) is 65.3 Å². The van der Waals surface area contributed by atoms with Crippen LogP contribution in [0.5, 0.6) is 0 Å². The molecule has 1 amide bonds. The molecule has 0 fully saturated rings. The van der Waals surface area contributed by atoms with Crippen LogP contribution in [0.4, 0.5) is 0 Å². The van der Waals surface area contributed by atoms with Crippen LogP contribution in [0.2, 0.25) is 0 Å². The molecule has 0 unspecified atom stereocenters. The molecule has 0 aromatic carbocycles. The van der Waals surface area contributed by atoms with Crippen LogP contribution in [0.3, 0.4) is 0 Å². The Morgan fingerprint density at radius 2 is 1.27 bits per heavy atom. The van der Waals surface area contributed by atoms with Crippen LogP contribution in [0.25, 0.3) is 0 Å². The number of hydrogen-bond donors (Lipinski definition) is 1. The summed E-state index contributed by atoms with van der Waals surface area (Å²) in [6.07, 6.45) is 7.09. The largest absolute Gasteiger partial charge is 0.379 e. The van der Waals surface area contributed by atoms with E-state index in [0.717, 1.165) is 38.2 Å². The van der Waals surface area contributed by atoms with Gasteiger partial charge in [0.1, 0.15) is 0 Å². The summed E-state index contributed by atoms with van der Waals surface area (Å²) in [7, 11) is 0. The summed E-state index contributed by atoms with van der Waals surface area (Å²) < 4.78 is 21.7. The lowest BCUT2D eigenvalue weighted by atomic mass is 10.2. The minimum atomic E-state index is 0.0964. The highest BCUT2D eigenvalue weighted by molar-refractivity contribution is 6.17. The van der Waals surface area contributed by atoms with Crippen molar-refractivity contribution >= 4 is 17.5 Å². The summed E-state index contributed by atoms with van der Waals surface area (Å²) in [5.74, 6) is 0.847. The van der Waals surface area contributed by atoms with Crippen LogP contribution >= 0.6 is 11.6 Å². The normalized spacial score (nSPS) is 11.0. The SMILES string of the molecule is CCCCC(=O)NCCOCCOCCOCCOCCCCCCCl. The van der Waals surface area contributed by atoms with Crippen molar-refractivity contribution < 1.29 is 23.7 Å². The number of unbranched alkanes of at least 4 members (excludes halogenated alkanes) is 4. The molecule has 0 saturated heterocycles. The van der Waals surface area contributed by atoms with E-state index in [9.17, 15) is 4.79 Å². The van der Waals surface area contributed by atoms with Gasteiger partial charge < -0.3 is 24.3 Å². The van der Waals surface area contributed by atoms with E-state index >= 15 is 0 Å². The summed E-state index contributed by atoms with van der Waals surface area (Å²) in [6, 6.07) is 0. The molecule has 26 heavy (non-hydrogen) atoms. The second-order valence-corrected chi connectivity index (χ2v) is 6.38. The predicted octanol–water partition coefficient (Wildman–Crippen LogP) is 3.16. The summed E-state index contributed by atoms with van der Waals surface area (Å²) in [4.78, 5) is 11.4. The number of hydrogen-bond acceptors (Lipinski definition) is 5. The number of carbonyl (C=O) groups is 1. The molecule has 0 aromatic rings. The van der Waals surface area contributed by atoms with Crippen molar-refractivity contribution in [1.82, 2.24) is 5.32 Å². The fourth-order valence-electron chi connectivity index (χ4n) is 2.10. The molecule has 6 nitrogen and oxygen atoms in total. The van der Waals surface area contributed by atoms with Gasteiger partial charge in [-0.2, -0.15) is 0 Å². The van der Waals surface area contributed by atoms with E-state index in [0.29, 0.717) is 59.2 Å². The van der Waals surface area contributed by atoms with Crippen molar-refractivity contribution in [3.8, 4) is 0 Å². The second kappa shape index (κ2) is 22.6. The first-order chi connectivity index (χ1) is 12.8. The molecule has 7 heteroatoms. The van der Waals surface area contributed by atoms with Crippen molar-refractivity contribution in [1.29, 1.82) is 0 Å². The molecular formula is C19H38ClNO5. The fourth-order valence-corrected chi connectivity index (χ4v) is 2.29. The van der Waals surface area contributed by atoms with Crippen LogP contribution in [0.1, 0.15) is 51.9 Å². The molecule has 0 saturated carbocycles. The van der Waals surface area contributed by atoms with Gasteiger partial charge in [-0.15, -0.1) is 11.6 Å². The Labute approximate surface area is 164 Å². The molecule has 0 rings (SSSR count). The Bertz CT molecular complexity index is 295. The number of ether oxygens (including phenoxy) is 4. The van der Waals surface area contributed by atoms with Crippen LogP contribution in [-0.2, 0) is 23.7 Å². The highest BCUT2D eigenvalue weighted by atomic mass is 35.5. The minimum absolute atomic E-state index is 0.0964. The maximum Gasteiger partial charge on any atom is 0.220 e. The average molecular weight is 396 g/mol. The molecule has 0 aliphatic heterocycles. The van der Waals surface area contributed by atoms with E-state index in [-0.39, 0.29) is 5.91 Å². The Hall–Kier alpha value is -0.400.